The van der Waals surface area contributed by atoms with Crippen LogP contribution in [0.25, 0.3) is 0 Å². The molecule has 0 spiro atoms. The molecule has 3 rings (SSSR count). The minimum atomic E-state index is 0. The summed E-state index contributed by atoms with van der Waals surface area (Å²) in [5.41, 5.74) is 2.26. The maximum absolute atomic E-state index is 12.6. The van der Waals surface area contributed by atoms with Gasteiger partial charge in [-0.3, -0.25) is 4.79 Å². The fourth-order valence-corrected chi connectivity index (χ4v) is 3.74. The van der Waals surface area contributed by atoms with Crippen molar-refractivity contribution >= 4 is 35.6 Å². The number of carbonyl (C=O) groups excluding carboxylic acids is 1. The lowest BCUT2D eigenvalue weighted by atomic mass is 9.84. The van der Waals surface area contributed by atoms with Gasteiger partial charge in [0.25, 0.3) is 0 Å². The Morgan fingerprint density at radius 2 is 2.14 bits per heavy atom. The molecule has 0 radical (unpaired) electrons. The molecule has 1 atom stereocenters. The first kappa shape index (κ1) is 17.6. The Bertz CT molecular complexity index is 529. The van der Waals surface area contributed by atoms with E-state index in [4.69, 9.17) is 11.6 Å². The van der Waals surface area contributed by atoms with Crippen LogP contribution < -0.4 is 10.2 Å². The normalized spacial score (nSPS) is 19.5. The van der Waals surface area contributed by atoms with Gasteiger partial charge in [0.2, 0.25) is 5.91 Å². The second-order valence-corrected chi connectivity index (χ2v) is 6.77. The molecule has 0 bridgehead atoms. The molecule has 22 heavy (non-hydrogen) atoms. The molecule has 1 aromatic rings. The molecule has 1 amide bonds. The number of carbonyl (C=O) groups is 1. The Hall–Kier alpha value is -0.770. The summed E-state index contributed by atoms with van der Waals surface area (Å²) >= 11 is 6.08. The van der Waals surface area contributed by atoms with Gasteiger partial charge in [-0.05, 0) is 61.9 Å². The minimum Gasteiger partial charge on any atom is -0.317 e. The summed E-state index contributed by atoms with van der Waals surface area (Å²) in [5, 5.41) is 4.10. The van der Waals surface area contributed by atoms with Crippen LogP contribution in [-0.2, 0) is 11.2 Å². The molecule has 1 fully saturated rings. The summed E-state index contributed by atoms with van der Waals surface area (Å²) in [6.07, 6.45) is 3.98. The fourth-order valence-electron chi connectivity index (χ4n) is 3.58. The van der Waals surface area contributed by atoms with Crippen LogP contribution in [0.2, 0.25) is 5.02 Å². The van der Waals surface area contributed by atoms with E-state index < -0.39 is 0 Å². The average molecular weight is 343 g/mol. The number of anilines is 1. The number of fused-ring (bicyclic) bond motifs is 1. The van der Waals surface area contributed by atoms with Gasteiger partial charge in [-0.2, -0.15) is 0 Å². The van der Waals surface area contributed by atoms with E-state index in [2.05, 4.69) is 12.2 Å². The summed E-state index contributed by atoms with van der Waals surface area (Å²) in [6.45, 7) is 5.20. The number of hydrogen-bond acceptors (Lipinski definition) is 2. The zero-order chi connectivity index (χ0) is 14.8. The van der Waals surface area contributed by atoms with Crippen molar-refractivity contribution in [3.8, 4) is 0 Å². The molecule has 5 heteroatoms. The second kappa shape index (κ2) is 7.67. The molecule has 0 aromatic heterocycles. The Morgan fingerprint density at radius 3 is 2.86 bits per heavy atom. The van der Waals surface area contributed by atoms with Crippen molar-refractivity contribution in [1.29, 1.82) is 0 Å². The highest BCUT2D eigenvalue weighted by Crippen LogP contribution is 2.33. The molecule has 1 unspecified atom stereocenters. The first-order valence-corrected chi connectivity index (χ1v) is 8.32. The molecule has 2 heterocycles. The zero-order valence-electron chi connectivity index (χ0n) is 13.0. The van der Waals surface area contributed by atoms with Gasteiger partial charge in [0, 0.05) is 23.7 Å². The molecule has 122 valence electrons. The number of benzene rings is 1. The van der Waals surface area contributed by atoms with Crippen LogP contribution in [0, 0.1) is 11.8 Å². The largest absolute Gasteiger partial charge is 0.317 e. The summed E-state index contributed by atoms with van der Waals surface area (Å²) in [7, 11) is 0. The number of amides is 1. The predicted molar refractivity (Wildman–Crippen MR) is 94.1 cm³/mol. The molecule has 2 aliphatic rings. The van der Waals surface area contributed by atoms with Gasteiger partial charge in [0.1, 0.15) is 0 Å². The van der Waals surface area contributed by atoms with E-state index in [1.54, 1.807) is 0 Å². The van der Waals surface area contributed by atoms with E-state index in [0.29, 0.717) is 23.3 Å². The Kier molecular flexibility index (Phi) is 6.13. The first-order valence-electron chi connectivity index (χ1n) is 7.94. The lowest BCUT2D eigenvalue weighted by Gasteiger charge is -2.29. The summed E-state index contributed by atoms with van der Waals surface area (Å²) in [4.78, 5) is 14.6. The molecular weight excluding hydrogens is 319 g/mol. The van der Waals surface area contributed by atoms with Crippen molar-refractivity contribution in [2.45, 2.75) is 32.6 Å². The first-order chi connectivity index (χ1) is 10.1. The highest BCUT2D eigenvalue weighted by Gasteiger charge is 2.28. The van der Waals surface area contributed by atoms with Crippen molar-refractivity contribution in [1.82, 2.24) is 5.32 Å². The third-order valence-corrected chi connectivity index (χ3v) is 5.16. The Labute approximate surface area is 143 Å². The fraction of sp³-hybridized carbons (Fsp3) is 0.588. The van der Waals surface area contributed by atoms with Crippen molar-refractivity contribution in [2.75, 3.05) is 24.5 Å². The summed E-state index contributed by atoms with van der Waals surface area (Å²) < 4.78 is 0. The van der Waals surface area contributed by atoms with Crippen molar-refractivity contribution < 1.29 is 4.79 Å². The molecule has 2 aliphatic heterocycles. The molecule has 3 nitrogen and oxygen atoms in total. The van der Waals surface area contributed by atoms with E-state index >= 15 is 0 Å². The SMILES string of the molecule is CC(CC(=O)N1CCc2ccc(Cl)cc21)C1CCNCC1.Cl. The maximum Gasteiger partial charge on any atom is 0.227 e. The standard InChI is InChI=1S/C17H23ClN2O.ClH/c1-12(13-4-7-19-8-5-13)10-17(21)20-9-6-14-2-3-15(18)11-16(14)20;/h2-3,11-13,19H,4-10H2,1H3;1H. The number of halogens is 2. The summed E-state index contributed by atoms with van der Waals surface area (Å²) in [5.74, 6) is 1.39. The number of rotatable bonds is 3. The monoisotopic (exact) mass is 342 g/mol. The van der Waals surface area contributed by atoms with Crippen LogP contribution >= 0.6 is 24.0 Å². The van der Waals surface area contributed by atoms with E-state index in [0.717, 1.165) is 31.7 Å². The lowest BCUT2D eigenvalue weighted by Crippen LogP contribution is -2.35. The van der Waals surface area contributed by atoms with Gasteiger partial charge >= 0.3 is 0 Å². The van der Waals surface area contributed by atoms with Crippen molar-refractivity contribution in [3.63, 3.8) is 0 Å². The topological polar surface area (TPSA) is 32.3 Å². The highest BCUT2D eigenvalue weighted by atomic mass is 35.5. The molecule has 0 aliphatic carbocycles. The van der Waals surface area contributed by atoms with Crippen LogP contribution in [-0.4, -0.2) is 25.5 Å². The van der Waals surface area contributed by atoms with Gasteiger partial charge in [0.05, 0.1) is 0 Å². The summed E-state index contributed by atoms with van der Waals surface area (Å²) in [6, 6.07) is 5.88. The third kappa shape index (κ3) is 3.76. The van der Waals surface area contributed by atoms with Crippen LogP contribution in [0.1, 0.15) is 31.7 Å². The van der Waals surface area contributed by atoms with Crippen molar-refractivity contribution in [3.05, 3.63) is 28.8 Å². The van der Waals surface area contributed by atoms with Gasteiger partial charge in [-0.1, -0.05) is 24.6 Å². The van der Waals surface area contributed by atoms with Gasteiger partial charge in [0.15, 0.2) is 0 Å². The molecule has 1 saturated heterocycles. The number of piperidine rings is 1. The molecule has 1 N–H and O–H groups in total. The van der Waals surface area contributed by atoms with Gasteiger partial charge in [-0.25, -0.2) is 0 Å². The average Bonchev–Trinajstić information content (AvgIpc) is 2.91. The van der Waals surface area contributed by atoms with Gasteiger partial charge in [-0.15, -0.1) is 12.4 Å². The molecule has 1 aromatic carbocycles. The minimum absolute atomic E-state index is 0. The molecule has 0 saturated carbocycles. The van der Waals surface area contributed by atoms with Crippen LogP contribution in [0.15, 0.2) is 18.2 Å². The smallest absolute Gasteiger partial charge is 0.227 e. The van der Waals surface area contributed by atoms with E-state index in [1.165, 1.54) is 18.4 Å². The third-order valence-electron chi connectivity index (χ3n) is 4.93. The van der Waals surface area contributed by atoms with Gasteiger partial charge < -0.3 is 10.2 Å². The zero-order valence-corrected chi connectivity index (χ0v) is 14.6. The predicted octanol–water partition coefficient (Wildman–Crippen LogP) is 3.68. The van der Waals surface area contributed by atoms with Crippen LogP contribution in [0.3, 0.4) is 0 Å². The lowest BCUT2D eigenvalue weighted by molar-refractivity contribution is -0.119. The van der Waals surface area contributed by atoms with Crippen molar-refractivity contribution in [2.24, 2.45) is 11.8 Å². The van der Waals surface area contributed by atoms with E-state index in [-0.39, 0.29) is 18.3 Å². The Morgan fingerprint density at radius 1 is 1.41 bits per heavy atom. The highest BCUT2D eigenvalue weighted by molar-refractivity contribution is 6.31. The van der Waals surface area contributed by atoms with E-state index in [9.17, 15) is 4.79 Å². The van der Waals surface area contributed by atoms with Crippen LogP contribution in [0.4, 0.5) is 5.69 Å². The Balaban J connectivity index is 0.00000176. The number of nitrogens with one attached hydrogen (secondary N) is 1. The number of nitrogens with zero attached hydrogens (tertiary/aromatic N) is 1. The molecular formula is C17H24Cl2N2O. The number of hydrogen-bond donors (Lipinski definition) is 1. The quantitative estimate of drug-likeness (QED) is 0.908. The second-order valence-electron chi connectivity index (χ2n) is 6.34. The van der Waals surface area contributed by atoms with Crippen LogP contribution in [0.5, 0.6) is 0 Å². The van der Waals surface area contributed by atoms with E-state index in [1.807, 2.05) is 23.1 Å². The maximum atomic E-state index is 12.6.